The van der Waals surface area contributed by atoms with E-state index in [1.54, 1.807) is 18.2 Å². The highest BCUT2D eigenvalue weighted by Crippen LogP contribution is 2.19. The summed E-state index contributed by atoms with van der Waals surface area (Å²) in [5.74, 6) is 0.468. The quantitative estimate of drug-likeness (QED) is 0.762. The van der Waals surface area contributed by atoms with Crippen LogP contribution in [-0.4, -0.2) is 13.1 Å². The molecule has 0 saturated heterocycles. The van der Waals surface area contributed by atoms with Crippen molar-refractivity contribution >= 4 is 5.69 Å². The average molecular weight is 274 g/mol. The van der Waals surface area contributed by atoms with E-state index in [-0.39, 0.29) is 12.4 Å². The first kappa shape index (κ1) is 14.3. The van der Waals surface area contributed by atoms with E-state index < -0.39 is 0 Å². The molecule has 2 rings (SSSR count). The lowest BCUT2D eigenvalue weighted by molar-refractivity contribution is 0.300. The van der Waals surface area contributed by atoms with Crippen molar-refractivity contribution in [2.45, 2.75) is 13.0 Å². The van der Waals surface area contributed by atoms with Crippen LogP contribution in [0.15, 0.2) is 48.5 Å². The fourth-order valence-electron chi connectivity index (χ4n) is 1.81. The van der Waals surface area contributed by atoms with Crippen molar-refractivity contribution in [3.05, 3.63) is 59.9 Å². The lowest BCUT2D eigenvalue weighted by atomic mass is 10.2. The number of hydrogen-bond donors (Lipinski definition) is 2. The van der Waals surface area contributed by atoms with E-state index in [0.29, 0.717) is 17.9 Å². The molecule has 0 aliphatic rings. The molecule has 0 spiro atoms. The second kappa shape index (κ2) is 7.50. The molecular formula is C16H19FN2O. The van der Waals surface area contributed by atoms with Crippen LogP contribution in [0, 0.1) is 5.82 Å². The van der Waals surface area contributed by atoms with Gasteiger partial charge in [-0.15, -0.1) is 0 Å². The van der Waals surface area contributed by atoms with Crippen LogP contribution < -0.4 is 15.8 Å². The van der Waals surface area contributed by atoms with E-state index in [4.69, 9.17) is 10.5 Å². The zero-order valence-electron chi connectivity index (χ0n) is 11.3. The van der Waals surface area contributed by atoms with Gasteiger partial charge in [-0.1, -0.05) is 24.3 Å². The van der Waals surface area contributed by atoms with E-state index in [9.17, 15) is 4.39 Å². The van der Waals surface area contributed by atoms with E-state index in [2.05, 4.69) is 5.32 Å². The summed E-state index contributed by atoms with van der Waals surface area (Å²) >= 11 is 0. The van der Waals surface area contributed by atoms with Crippen LogP contribution >= 0.6 is 0 Å². The highest BCUT2D eigenvalue weighted by atomic mass is 19.1. The van der Waals surface area contributed by atoms with Gasteiger partial charge in [0.05, 0.1) is 0 Å². The van der Waals surface area contributed by atoms with Gasteiger partial charge in [0.15, 0.2) is 0 Å². The summed E-state index contributed by atoms with van der Waals surface area (Å²) < 4.78 is 19.1. The summed E-state index contributed by atoms with van der Waals surface area (Å²) in [6, 6.07) is 14.2. The van der Waals surface area contributed by atoms with Crippen molar-refractivity contribution in [1.29, 1.82) is 0 Å². The van der Waals surface area contributed by atoms with Crippen LogP contribution in [0.25, 0.3) is 0 Å². The van der Waals surface area contributed by atoms with Crippen molar-refractivity contribution in [3.63, 3.8) is 0 Å². The summed E-state index contributed by atoms with van der Waals surface area (Å²) in [5, 5.41) is 3.26. The molecule has 0 aliphatic carbocycles. The van der Waals surface area contributed by atoms with Crippen molar-refractivity contribution in [2.75, 3.05) is 18.4 Å². The average Bonchev–Trinajstić information content (AvgIpc) is 2.47. The highest BCUT2D eigenvalue weighted by molar-refractivity contribution is 5.48. The summed E-state index contributed by atoms with van der Waals surface area (Å²) in [7, 11) is 0. The molecule has 2 aromatic carbocycles. The molecule has 0 aliphatic heterocycles. The second-order valence-electron chi connectivity index (χ2n) is 4.48. The molecule has 0 fully saturated rings. The Labute approximate surface area is 118 Å². The van der Waals surface area contributed by atoms with Gasteiger partial charge in [0.1, 0.15) is 18.2 Å². The summed E-state index contributed by atoms with van der Waals surface area (Å²) in [6.45, 7) is 1.71. The molecule has 0 saturated carbocycles. The molecule has 0 aromatic heterocycles. The molecule has 0 atom stereocenters. The maximum atomic E-state index is 13.5. The third-order valence-corrected chi connectivity index (χ3v) is 2.90. The zero-order valence-corrected chi connectivity index (χ0v) is 11.3. The molecule has 4 heteroatoms. The lowest BCUT2D eigenvalue weighted by Crippen LogP contribution is -2.08. The first-order chi connectivity index (χ1) is 9.79. The molecule has 2 aromatic rings. The van der Waals surface area contributed by atoms with E-state index >= 15 is 0 Å². The Balaban J connectivity index is 1.93. The predicted octanol–water partition coefficient (Wildman–Crippen LogP) is 3.17. The topological polar surface area (TPSA) is 47.3 Å². The number of halogens is 1. The fraction of sp³-hybridized carbons (Fsp3) is 0.250. The second-order valence-corrected chi connectivity index (χ2v) is 4.48. The zero-order chi connectivity index (χ0) is 14.2. The molecule has 20 heavy (non-hydrogen) atoms. The Morgan fingerprint density at radius 1 is 1.10 bits per heavy atom. The Hall–Kier alpha value is -2.07. The van der Waals surface area contributed by atoms with Gasteiger partial charge >= 0.3 is 0 Å². The van der Waals surface area contributed by atoms with Gasteiger partial charge in [0, 0.05) is 23.9 Å². The van der Waals surface area contributed by atoms with E-state index in [1.165, 1.54) is 6.07 Å². The first-order valence-corrected chi connectivity index (χ1v) is 6.70. The van der Waals surface area contributed by atoms with Crippen LogP contribution in [0.1, 0.15) is 12.0 Å². The molecule has 0 unspecified atom stereocenters. The van der Waals surface area contributed by atoms with Gasteiger partial charge < -0.3 is 15.8 Å². The Kier molecular flexibility index (Phi) is 5.38. The van der Waals surface area contributed by atoms with Crippen molar-refractivity contribution in [1.82, 2.24) is 0 Å². The standard InChI is InChI=1S/C16H19FN2O/c17-16-8-2-1-5-13(16)12-20-15-7-3-6-14(11-15)19-10-4-9-18/h1-3,5-8,11,19H,4,9-10,12,18H2. The summed E-state index contributed by atoms with van der Waals surface area (Å²) in [4.78, 5) is 0. The number of nitrogens with two attached hydrogens (primary N) is 1. The van der Waals surface area contributed by atoms with Crippen molar-refractivity contribution in [3.8, 4) is 5.75 Å². The van der Waals surface area contributed by atoms with E-state index in [0.717, 1.165) is 18.7 Å². The van der Waals surface area contributed by atoms with Crippen LogP contribution in [0.2, 0.25) is 0 Å². The minimum atomic E-state index is -0.246. The van der Waals surface area contributed by atoms with Gasteiger partial charge in [0.25, 0.3) is 0 Å². The van der Waals surface area contributed by atoms with Gasteiger partial charge in [0.2, 0.25) is 0 Å². The smallest absolute Gasteiger partial charge is 0.129 e. The minimum absolute atomic E-state index is 0.221. The normalized spacial score (nSPS) is 10.3. The number of anilines is 1. The first-order valence-electron chi connectivity index (χ1n) is 6.70. The van der Waals surface area contributed by atoms with Gasteiger partial charge in [-0.05, 0) is 31.2 Å². The molecule has 0 radical (unpaired) electrons. The number of benzene rings is 2. The molecule has 0 amide bonds. The fourth-order valence-corrected chi connectivity index (χ4v) is 1.81. The summed E-state index contributed by atoms with van der Waals surface area (Å²) in [6.07, 6.45) is 0.917. The molecule has 3 nitrogen and oxygen atoms in total. The minimum Gasteiger partial charge on any atom is -0.489 e. The Morgan fingerprint density at radius 2 is 1.95 bits per heavy atom. The maximum absolute atomic E-state index is 13.5. The predicted molar refractivity (Wildman–Crippen MR) is 79.3 cm³/mol. The number of ether oxygens (including phenoxy) is 1. The molecular weight excluding hydrogens is 255 g/mol. The summed E-state index contributed by atoms with van der Waals surface area (Å²) in [5.41, 5.74) is 6.97. The molecule has 106 valence electrons. The molecule has 3 N–H and O–H groups in total. The van der Waals surface area contributed by atoms with Crippen LogP contribution in [0.4, 0.5) is 10.1 Å². The number of nitrogens with one attached hydrogen (secondary N) is 1. The SMILES string of the molecule is NCCCNc1cccc(OCc2ccccc2F)c1. The van der Waals surface area contributed by atoms with Crippen molar-refractivity contribution < 1.29 is 9.13 Å². The molecule has 0 bridgehead atoms. The number of hydrogen-bond acceptors (Lipinski definition) is 3. The third kappa shape index (κ3) is 4.24. The van der Waals surface area contributed by atoms with Gasteiger partial charge in [-0.2, -0.15) is 0 Å². The third-order valence-electron chi connectivity index (χ3n) is 2.90. The maximum Gasteiger partial charge on any atom is 0.129 e. The molecule has 0 heterocycles. The van der Waals surface area contributed by atoms with E-state index in [1.807, 2.05) is 24.3 Å². The highest BCUT2D eigenvalue weighted by Gasteiger charge is 2.02. The Morgan fingerprint density at radius 3 is 2.75 bits per heavy atom. The van der Waals surface area contributed by atoms with Gasteiger partial charge in [-0.3, -0.25) is 0 Å². The van der Waals surface area contributed by atoms with Gasteiger partial charge in [-0.25, -0.2) is 4.39 Å². The van der Waals surface area contributed by atoms with Crippen LogP contribution in [-0.2, 0) is 6.61 Å². The lowest BCUT2D eigenvalue weighted by Gasteiger charge is -2.10. The van der Waals surface area contributed by atoms with Crippen LogP contribution in [0.3, 0.4) is 0 Å². The largest absolute Gasteiger partial charge is 0.489 e. The monoisotopic (exact) mass is 274 g/mol. The number of rotatable bonds is 7. The van der Waals surface area contributed by atoms with Crippen LogP contribution in [0.5, 0.6) is 5.75 Å². The van der Waals surface area contributed by atoms with Crippen molar-refractivity contribution in [2.24, 2.45) is 5.73 Å². The Bertz CT molecular complexity index is 546.